The zero-order valence-electron chi connectivity index (χ0n) is 12.8. The van der Waals surface area contributed by atoms with Gasteiger partial charge in [0.25, 0.3) is 0 Å². The van der Waals surface area contributed by atoms with Crippen LogP contribution in [0.2, 0.25) is 5.02 Å². The van der Waals surface area contributed by atoms with E-state index in [4.69, 9.17) is 11.6 Å². The van der Waals surface area contributed by atoms with Crippen LogP contribution in [0.5, 0.6) is 0 Å². The van der Waals surface area contributed by atoms with E-state index >= 15 is 0 Å². The molecule has 1 aliphatic rings. The molecule has 2 rings (SSSR count). The molecule has 1 aliphatic heterocycles. The van der Waals surface area contributed by atoms with E-state index in [0.29, 0.717) is 13.1 Å². The quantitative estimate of drug-likeness (QED) is 0.870. The van der Waals surface area contributed by atoms with Crippen LogP contribution in [0.4, 0.5) is 0 Å². The molecule has 0 unspecified atom stereocenters. The van der Waals surface area contributed by atoms with Crippen molar-refractivity contribution in [1.82, 2.24) is 15.5 Å². The van der Waals surface area contributed by atoms with Gasteiger partial charge in [0.05, 0.1) is 6.54 Å². The molecule has 0 aromatic heterocycles. The third-order valence-electron chi connectivity index (χ3n) is 3.93. The highest BCUT2D eigenvalue weighted by molar-refractivity contribution is 6.30. The van der Waals surface area contributed by atoms with Gasteiger partial charge >= 0.3 is 0 Å². The number of carbonyl (C=O) groups is 1. The first-order valence-electron chi connectivity index (χ1n) is 7.44. The molecule has 0 saturated carbocycles. The van der Waals surface area contributed by atoms with Crippen molar-refractivity contribution >= 4 is 17.5 Å². The number of nitrogens with one attached hydrogen (secondary N) is 2. The summed E-state index contributed by atoms with van der Waals surface area (Å²) in [5.74, 6) is 0.0898. The molecule has 1 amide bonds. The number of benzene rings is 1. The van der Waals surface area contributed by atoms with Gasteiger partial charge in [0.1, 0.15) is 0 Å². The minimum Gasteiger partial charge on any atom is -0.355 e. The zero-order valence-corrected chi connectivity index (χ0v) is 13.5. The van der Waals surface area contributed by atoms with Crippen molar-refractivity contribution in [3.8, 4) is 0 Å². The van der Waals surface area contributed by atoms with Crippen LogP contribution in [0.15, 0.2) is 24.3 Å². The van der Waals surface area contributed by atoms with E-state index in [1.165, 1.54) is 0 Å². The molecule has 0 bridgehead atoms. The lowest BCUT2D eigenvalue weighted by molar-refractivity contribution is -0.123. The predicted octanol–water partition coefficient (Wildman–Crippen LogP) is 1.68. The van der Waals surface area contributed by atoms with Crippen LogP contribution in [0.25, 0.3) is 0 Å². The fourth-order valence-corrected chi connectivity index (χ4v) is 2.80. The summed E-state index contributed by atoms with van der Waals surface area (Å²) in [6.45, 7) is 8.21. The van der Waals surface area contributed by atoms with Crippen molar-refractivity contribution in [3.05, 3.63) is 34.9 Å². The Morgan fingerprint density at radius 2 is 2.29 bits per heavy atom. The number of rotatable bonds is 5. The number of nitrogens with zero attached hydrogens (tertiary/aromatic N) is 1. The molecule has 4 nitrogen and oxygen atoms in total. The predicted molar refractivity (Wildman–Crippen MR) is 86.7 cm³/mol. The van der Waals surface area contributed by atoms with Crippen molar-refractivity contribution in [3.63, 3.8) is 0 Å². The fourth-order valence-electron chi connectivity index (χ4n) is 2.58. The molecule has 116 valence electrons. The van der Waals surface area contributed by atoms with E-state index in [-0.39, 0.29) is 11.4 Å². The van der Waals surface area contributed by atoms with Crippen LogP contribution >= 0.6 is 11.6 Å². The molecule has 2 N–H and O–H groups in total. The van der Waals surface area contributed by atoms with Crippen LogP contribution in [0, 0.1) is 0 Å². The van der Waals surface area contributed by atoms with Gasteiger partial charge in [-0.2, -0.15) is 0 Å². The average Bonchev–Trinajstić information content (AvgIpc) is 2.41. The van der Waals surface area contributed by atoms with Crippen molar-refractivity contribution < 1.29 is 4.79 Å². The molecular formula is C16H24ClN3O. The van der Waals surface area contributed by atoms with E-state index < -0.39 is 0 Å². The smallest absolute Gasteiger partial charge is 0.234 e. The fraction of sp³-hybridized carbons (Fsp3) is 0.562. The Hall–Kier alpha value is -1.10. The van der Waals surface area contributed by atoms with Gasteiger partial charge in [-0.25, -0.2) is 0 Å². The van der Waals surface area contributed by atoms with Crippen LogP contribution in [0.3, 0.4) is 0 Å². The third kappa shape index (κ3) is 4.99. The first-order chi connectivity index (χ1) is 9.97. The van der Waals surface area contributed by atoms with E-state index in [2.05, 4.69) is 29.4 Å². The lowest BCUT2D eigenvalue weighted by Crippen LogP contribution is -2.59. The van der Waals surface area contributed by atoms with E-state index in [1.807, 2.05) is 24.3 Å². The second-order valence-electron chi connectivity index (χ2n) is 6.14. The molecule has 1 aromatic carbocycles. The summed E-state index contributed by atoms with van der Waals surface area (Å²) in [4.78, 5) is 14.3. The number of amides is 1. The standard InChI is InChI=1S/C16H24ClN3O/c1-16(2)12-18-8-9-20(16)11-15(21)19-7-6-13-4-3-5-14(17)10-13/h3-5,10,18H,6-9,11-12H2,1-2H3,(H,19,21). The van der Waals surface area contributed by atoms with E-state index in [0.717, 1.165) is 36.6 Å². The maximum atomic E-state index is 12.1. The van der Waals surface area contributed by atoms with Gasteiger partial charge in [-0.15, -0.1) is 0 Å². The Labute approximate surface area is 131 Å². The van der Waals surface area contributed by atoms with E-state index in [1.54, 1.807) is 0 Å². The molecule has 1 aromatic rings. The van der Waals surface area contributed by atoms with E-state index in [9.17, 15) is 4.79 Å². The SMILES string of the molecule is CC1(C)CNCCN1CC(=O)NCCc1cccc(Cl)c1. The summed E-state index contributed by atoms with van der Waals surface area (Å²) in [7, 11) is 0. The second kappa shape index (κ2) is 7.25. The first kappa shape index (κ1) is 16.3. The molecule has 0 spiro atoms. The van der Waals surface area contributed by atoms with Gasteiger partial charge in [-0.1, -0.05) is 23.7 Å². The van der Waals surface area contributed by atoms with Crippen LogP contribution in [0.1, 0.15) is 19.4 Å². The molecule has 1 fully saturated rings. The Morgan fingerprint density at radius 1 is 1.48 bits per heavy atom. The van der Waals surface area contributed by atoms with Crippen molar-refractivity contribution in [2.45, 2.75) is 25.8 Å². The summed E-state index contributed by atoms with van der Waals surface area (Å²) in [5.41, 5.74) is 1.17. The largest absolute Gasteiger partial charge is 0.355 e. The maximum absolute atomic E-state index is 12.1. The first-order valence-corrected chi connectivity index (χ1v) is 7.82. The van der Waals surface area contributed by atoms with Crippen molar-refractivity contribution in [2.75, 3.05) is 32.7 Å². The maximum Gasteiger partial charge on any atom is 0.234 e. The molecule has 1 heterocycles. The highest BCUT2D eigenvalue weighted by Crippen LogP contribution is 2.15. The van der Waals surface area contributed by atoms with Gasteiger partial charge in [0.15, 0.2) is 0 Å². The molecule has 0 aliphatic carbocycles. The minimum atomic E-state index is 0.0303. The number of piperazine rings is 1. The molecule has 0 radical (unpaired) electrons. The molecule has 0 atom stereocenters. The summed E-state index contributed by atoms with van der Waals surface area (Å²) in [6, 6.07) is 7.75. The van der Waals surface area contributed by atoms with Crippen LogP contribution in [-0.2, 0) is 11.2 Å². The highest BCUT2D eigenvalue weighted by Gasteiger charge is 2.30. The molecule has 5 heteroatoms. The van der Waals surface area contributed by atoms with Crippen LogP contribution in [-0.4, -0.2) is 49.1 Å². The topological polar surface area (TPSA) is 44.4 Å². The second-order valence-corrected chi connectivity index (χ2v) is 6.58. The molecular weight excluding hydrogens is 286 g/mol. The number of carbonyl (C=O) groups excluding carboxylic acids is 1. The van der Waals surface area contributed by atoms with Gasteiger partial charge in [0.2, 0.25) is 5.91 Å². The Kier molecular flexibility index (Phi) is 5.62. The number of halogens is 1. The van der Waals surface area contributed by atoms with Crippen molar-refractivity contribution in [2.24, 2.45) is 0 Å². The summed E-state index contributed by atoms with van der Waals surface area (Å²) in [6.07, 6.45) is 0.803. The summed E-state index contributed by atoms with van der Waals surface area (Å²) in [5, 5.41) is 7.09. The van der Waals surface area contributed by atoms with Gasteiger partial charge in [-0.3, -0.25) is 9.69 Å². The lowest BCUT2D eigenvalue weighted by atomic mass is 10.0. The monoisotopic (exact) mass is 309 g/mol. The number of hydrogen-bond donors (Lipinski definition) is 2. The number of hydrogen-bond acceptors (Lipinski definition) is 3. The van der Waals surface area contributed by atoms with Gasteiger partial charge < -0.3 is 10.6 Å². The molecule has 21 heavy (non-hydrogen) atoms. The van der Waals surface area contributed by atoms with Crippen LogP contribution < -0.4 is 10.6 Å². The summed E-state index contributed by atoms with van der Waals surface area (Å²) >= 11 is 5.95. The minimum absolute atomic E-state index is 0.0303. The highest BCUT2D eigenvalue weighted by atomic mass is 35.5. The average molecular weight is 310 g/mol. The lowest BCUT2D eigenvalue weighted by Gasteiger charge is -2.42. The Bertz CT molecular complexity index is 490. The summed E-state index contributed by atoms with van der Waals surface area (Å²) < 4.78 is 0. The van der Waals surface area contributed by atoms with Crippen molar-refractivity contribution in [1.29, 1.82) is 0 Å². The normalized spacial score (nSPS) is 18.4. The molecule has 1 saturated heterocycles. The zero-order chi connectivity index (χ0) is 15.3. The van der Waals surface area contributed by atoms with Gasteiger partial charge in [0, 0.05) is 36.7 Å². The Morgan fingerprint density at radius 3 is 3.00 bits per heavy atom. The van der Waals surface area contributed by atoms with Gasteiger partial charge in [-0.05, 0) is 38.0 Å². The third-order valence-corrected chi connectivity index (χ3v) is 4.17. The Balaban J connectivity index is 1.74.